The molecule has 0 spiro atoms. The molecule has 6 heteroatoms. The van der Waals surface area contributed by atoms with Crippen molar-refractivity contribution in [3.63, 3.8) is 0 Å². The van der Waals surface area contributed by atoms with Gasteiger partial charge in [0.05, 0.1) is 11.8 Å². The van der Waals surface area contributed by atoms with Crippen molar-refractivity contribution in [3.05, 3.63) is 144 Å². The van der Waals surface area contributed by atoms with Crippen LogP contribution in [0.1, 0.15) is 31.8 Å². The van der Waals surface area contributed by atoms with E-state index in [9.17, 15) is 9.59 Å². The molecule has 1 amide bonds. The first-order chi connectivity index (χ1) is 18.7. The molecule has 0 radical (unpaired) electrons. The van der Waals surface area contributed by atoms with Gasteiger partial charge in [0.15, 0.2) is 0 Å². The van der Waals surface area contributed by atoms with Crippen LogP contribution in [0.2, 0.25) is 0 Å². The van der Waals surface area contributed by atoms with E-state index < -0.39 is 5.97 Å². The van der Waals surface area contributed by atoms with Gasteiger partial charge in [0.1, 0.15) is 18.1 Å². The lowest BCUT2D eigenvalue weighted by Gasteiger charge is -2.10. The average Bonchev–Trinajstić information content (AvgIpc) is 2.98. The number of nitrogens with one attached hydrogen (secondary N) is 1. The summed E-state index contributed by atoms with van der Waals surface area (Å²) in [5, 5.41) is 5.95. The molecule has 0 heterocycles. The summed E-state index contributed by atoms with van der Waals surface area (Å²) in [6.07, 6.45) is 1.49. The third-order valence-corrected chi connectivity index (χ3v) is 5.87. The average molecular weight is 501 g/mol. The number of hydrogen-bond donors (Lipinski definition) is 1. The maximum absolute atomic E-state index is 12.7. The van der Waals surface area contributed by atoms with Crippen molar-refractivity contribution in [3.8, 4) is 11.5 Å². The van der Waals surface area contributed by atoms with Gasteiger partial charge in [0.25, 0.3) is 5.91 Å². The molecule has 0 unspecified atom stereocenters. The molecule has 0 fully saturated rings. The van der Waals surface area contributed by atoms with Gasteiger partial charge < -0.3 is 9.47 Å². The molecule has 0 bridgehead atoms. The summed E-state index contributed by atoms with van der Waals surface area (Å²) in [5.74, 6) is 0.151. The number of ether oxygens (including phenoxy) is 2. The Hall–Kier alpha value is -5.23. The van der Waals surface area contributed by atoms with Crippen LogP contribution in [-0.4, -0.2) is 18.1 Å². The van der Waals surface area contributed by atoms with E-state index >= 15 is 0 Å². The van der Waals surface area contributed by atoms with Gasteiger partial charge in [-0.3, -0.25) is 4.79 Å². The molecule has 0 aromatic heterocycles. The van der Waals surface area contributed by atoms with E-state index in [-0.39, 0.29) is 5.91 Å². The highest BCUT2D eigenvalue weighted by atomic mass is 16.5. The zero-order valence-electron chi connectivity index (χ0n) is 20.4. The van der Waals surface area contributed by atoms with E-state index in [1.54, 1.807) is 54.6 Å². The third-order valence-electron chi connectivity index (χ3n) is 5.87. The molecule has 1 N–H and O–H groups in total. The number of esters is 1. The molecule has 6 nitrogen and oxygen atoms in total. The van der Waals surface area contributed by atoms with Gasteiger partial charge in [-0.15, -0.1) is 0 Å². The first-order valence-electron chi connectivity index (χ1n) is 12.1. The van der Waals surface area contributed by atoms with Crippen LogP contribution in [0.3, 0.4) is 0 Å². The molecule has 0 aliphatic heterocycles. The maximum Gasteiger partial charge on any atom is 0.343 e. The van der Waals surface area contributed by atoms with Crippen LogP contribution < -0.4 is 14.9 Å². The van der Waals surface area contributed by atoms with Crippen LogP contribution in [0.4, 0.5) is 0 Å². The second-order valence-corrected chi connectivity index (χ2v) is 8.45. The Morgan fingerprint density at radius 1 is 0.711 bits per heavy atom. The molecular formula is C32H24N2O4. The monoisotopic (exact) mass is 500 g/mol. The number of hydrogen-bond acceptors (Lipinski definition) is 5. The van der Waals surface area contributed by atoms with Crippen molar-refractivity contribution in [2.45, 2.75) is 6.61 Å². The smallest absolute Gasteiger partial charge is 0.343 e. The van der Waals surface area contributed by atoms with Gasteiger partial charge in [0.2, 0.25) is 0 Å². The van der Waals surface area contributed by atoms with Crippen molar-refractivity contribution < 1.29 is 19.1 Å². The van der Waals surface area contributed by atoms with Crippen molar-refractivity contribution >= 4 is 28.9 Å². The van der Waals surface area contributed by atoms with Gasteiger partial charge >= 0.3 is 5.97 Å². The summed E-state index contributed by atoms with van der Waals surface area (Å²) in [4.78, 5) is 25.4. The highest BCUT2D eigenvalue weighted by Crippen LogP contribution is 2.27. The molecular weight excluding hydrogens is 476 g/mol. The van der Waals surface area contributed by atoms with E-state index in [1.807, 2.05) is 66.7 Å². The Morgan fingerprint density at radius 3 is 2.16 bits per heavy atom. The Labute approximate surface area is 220 Å². The molecule has 0 aliphatic carbocycles. The fraction of sp³-hybridized carbons (Fsp3) is 0.0312. The Kier molecular flexibility index (Phi) is 7.51. The van der Waals surface area contributed by atoms with Gasteiger partial charge in [-0.05, 0) is 58.8 Å². The number of carbonyl (C=O) groups is 2. The number of carbonyl (C=O) groups excluding carboxylic acids is 2. The Bertz CT molecular complexity index is 1580. The second kappa shape index (κ2) is 11.7. The van der Waals surface area contributed by atoms with Gasteiger partial charge in [-0.2, -0.15) is 5.10 Å². The number of fused-ring (bicyclic) bond motifs is 1. The van der Waals surface area contributed by atoms with E-state index in [4.69, 9.17) is 9.47 Å². The Balaban J connectivity index is 1.29. The standard InChI is InChI=1S/C32H24N2O4/c35-31(25-15-18-27(19-16-25)37-22-23-9-3-1-4-10-23)34-33-21-29-28-14-8-7-11-24(28)17-20-30(29)38-32(36)26-12-5-2-6-13-26/h1-21H,22H2,(H,34,35)/b33-21-. The molecule has 186 valence electrons. The topological polar surface area (TPSA) is 77.0 Å². The molecule has 5 rings (SSSR count). The summed E-state index contributed by atoms with van der Waals surface area (Å²) in [7, 11) is 0. The SMILES string of the molecule is O=C(N/N=C\c1c(OC(=O)c2ccccc2)ccc2ccccc12)c1ccc(OCc2ccccc2)cc1. The normalized spacial score (nSPS) is 10.8. The van der Waals surface area contributed by atoms with Crippen molar-refractivity contribution in [2.24, 2.45) is 5.10 Å². The number of amides is 1. The fourth-order valence-corrected chi connectivity index (χ4v) is 3.89. The van der Waals surface area contributed by atoms with E-state index in [2.05, 4.69) is 10.5 Å². The van der Waals surface area contributed by atoms with E-state index in [0.29, 0.717) is 34.8 Å². The predicted octanol–water partition coefficient (Wildman–Crippen LogP) is 6.40. The van der Waals surface area contributed by atoms with Gasteiger partial charge in [-0.25, -0.2) is 10.2 Å². The minimum absolute atomic E-state index is 0.343. The summed E-state index contributed by atoms with van der Waals surface area (Å²) >= 11 is 0. The lowest BCUT2D eigenvalue weighted by Crippen LogP contribution is -2.17. The largest absolute Gasteiger partial charge is 0.489 e. The minimum Gasteiger partial charge on any atom is -0.489 e. The molecule has 38 heavy (non-hydrogen) atoms. The first-order valence-corrected chi connectivity index (χ1v) is 12.1. The van der Waals surface area contributed by atoms with Crippen LogP contribution in [-0.2, 0) is 6.61 Å². The highest BCUT2D eigenvalue weighted by molar-refractivity contribution is 6.04. The zero-order chi connectivity index (χ0) is 26.2. The zero-order valence-corrected chi connectivity index (χ0v) is 20.4. The number of rotatable bonds is 8. The first kappa shape index (κ1) is 24.5. The van der Waals surface area contributed by atoms with Crippen LogP contribution in [0, 0.1) is 0 Å². The van der Waals surface area contributed by atoms with E-state index in [0.717, 1.165) is 16.3 Å². The summed E-state index contributed by atoms with van der Waals surface area (Å²) in [6, 6.07) is 36.7. The molecule has 0 saturated carbocycles. The molecule has 0 saturated heterocycles. The lowest BCUT2D eigenvalue weighted by atomic mass is 10.0. The second-order valence-electron chi connectivity index (χ2n) is 8.45. The minimum atomic E-state index is -0.478. The fourth-order valence-electron chi connectivity index (χ4n) is 3.89. The number of benzene rings is 5. The lowest BCUT2D eigenvalue weighted by molar-refractivity contribution is 0.0734. The molecule has 5 aromatic rings. The predicted molar refractivity (Wildman–Crippen MR) is 148 cm³/mol. The number of nitrogens with zero attached hydrogens (tertiary/aromatic N) is 1. The summed E-state index contributed by atoms with van der Waals surface area (Å²) in [6.45, 7) is 0.443. The quantitative estimate of drug-likeness (QED) is 0.116. The molecule has 0 atom stereocenters. The summed E-state index contributed by atoms with van der Waals surface area (Å²) < 4.78 is 11.5. The van der Waals surface area contributed by atoms with Crippen LogP contribution in [0.25, 0.3) is 10.8 Å². The van der Waals surface area contributed by atoms with Gasteiger partial charge in [0, 0.05) is 11.1 Å². The van der Waals surface area contributed by atoms with Crippen LogP contribution in [0.15, 0.2) is 126 Å². The molecule has 0 aliphatic rings. The summed E-state index contributed by atoms with van der Waals surface area (Å²) in [5.41, 5.74) is 5.06. The van der Waals surface area contributed by atoms with E-state index in [1.165, 1.54) is 6.21 Å². The van der Waals surface area contributed by atoms with Crippen molar-refractivity contribution in [1.82, 2.24) is 5.43 Å². The van der Waals surface area contributed by atoms with Crippen molar-refractivity contribution in [2.75, 3.05) is 0 Å². The maximum atomic E-state index is 12.7. The van der Waals surface area contributed by atoms with Gasteiger partial charge in [-0.1, -0.05) is 78.9 Å². The highest BCUT2D eigenvalue weighted by Gasteiger charge is 2.13. The molecule has 5 aromatic carbocycles. The van der Waals surface area contributed by atoms with Crippen LogP contribution >= 0.6 is 0 Å². The number of hydrazone groups is 1. The van der Waals surface area contributed by atoms with Crippen molar-refractivity contribution in [1.29, 1.82) is 0 Å². The van der Waals surface area contributed by atoms with Crippen LogP contribution in [0.5, 0.6) is 11.5 Å². The Morgan fingerprint density at radius 2 is 1.39 bits per heavy atom. The third kappa shape index (κ3) is 5.94.